The lowest BCUT2D eigenvalue weighted by Gasteiger charge is -2.17. The fourth-order valence-electron chi connectivity index (χ4n) is 2.26. The molecular weight excluding hydrogens is 258 g/mol. The molecule has 0 aliphatic carbocycles. The van der Waals surface area contributed by atoms with E-state index in [1.54, 1.807) is 0 Å². The maximum absolute atomic E-state index is 4.23. The van der Waals surface area contributed by atoms with Gasteiger partial charge in [0, 0.05) is 17.9 Å². The maximum Gasteiger partial charge on any atom is 0.0969 e. The molecule has 0 fully saturated rings. The van der Waals surface area contributed by atoms with Gasteiger partial charge in [0.25, 0.3) is 0 Å². The van der Waals surface area contributed by atoms with E-state index in [9.17, 15) is 0 Å². The van der Waals surface area contributed by atoms with Crippen molar-refractivity contribution >= 4 is 14.7 Å². The number of nitrogens with zero attached hydrogens (tertiary/aromatic N) is 1. The van der Waals surface area contributed by atoms with E-state index in [0.29, 0.717) is 15.1 Å². The van der Waals surface area contributed by atoms with Crippen LogP contribution in [0.2, 0.25) is 0 Å². The Balaban J connectivity index is 1.96. The van der Waals surface area contributed by atoms with Crippen LogP contribution in [0.1, 0.15) is 16.7 Å². The summed E-state index contributed by atoms with van der Waals surface area (Å²) in [5, 5.41) is 1.30. The molecule has 96 valence electrons. The van der Waals surface area contributed by atoms with Crippen molar-refractivity contribution in [2.75, 3.05) is 0 Å². The zero-order valence-corrected chi connectivity index (χ0v) is 12.1. The zero-order chi connectivity index (χ0) is 13.6. The van der Waals surface area contributed by atoms with Gasteiger partial charge in [0.15, 0.2) is 0 Å². The van der Waals surface area contributed by atoms with Gasteiger partial charge in [-0.3, -0.25) is 4.98 Å². The number of benzene rings is 2. The standard InChI is InChI=1S/C18H15NSi/c1-3-8-15(9-4-1)18(16-10-5-2-6-11-16)20-17-12-7-13-19-14-17/h1-14,18H. The van der Waals surface area contributed by atoms with Gasteiger partial charge in [-0.25, -0.2) is 0 Å². The lowest BCUT2D eigenvalue weighted by molar-refractivity contribution is 1.13. The Kier molecular flexibility index (Phi) is 4.04. The molecule has 0 unspecified atom stereocenters. The Morgan fingerprint density at radius 3 is 1.80 bits per heavy atom. The van der Waals surface area contributed by atoms with Gasteiger partial charge in [-0.15, -0.1) is 0 Å². The summed E-state index contributed by atoms with van der Waals surface area (Å²) in [5.41, 5.74) is 3.13. The largest absolute Gasteiger partial charge is 0.265 e. The highest BCUT2D eigenvalue weighted by Gasteiger charge is 2.15. The molecule has 0 saturated carbocycles. The topological polar surface area (TPSA) is 12.9 Å². The van der Waals surface area contributed by atoms with Crippen LogP contribution in [0.3, 0.4) is 0 Å². The normalized spacial score (nSPS) is 10.7. The molecular formula is C18H15NSi. The van der Waals surface area contributed by atoms with Crippen LogP contribution in [0.25, 0.3) is 0 Å². The van der Waals surface area contributed by atoms with E-state index in [0.717, 1.165) is 0 Å². The summed E-state index contributed by atoms with van der Waals surface area (Å²) in [7, 11) is 0.688. The first-order chi connectivity index (χ1) is 9.93. The van der Waals surface area contributed by atoms with Crippen molar-refractivity contribution in [3.63, 3.8) is 0 Å². The van der Waals surface area contributed by atoms with Crippen molar-refractivity contribution in [3.05, 3.63) is 96.3 Å². The average Bonchev–Trinajstić information content (AvgIpc) is 2.55. The van der Waals surface area contributed by atoms with Crippen LogP contribution in [-0.2, 0) is 0 Å². The summed E-state index contributed by atoms with van der Waals surface area (Å²) < 4.78 is 0. The molecule has 2 aromatic carbocycles. The van der Waals surface area contributed by atoms with Crippen LogP contribution < -0.4 is 5.19 Å². The zero-order valence-electron chi connectivity index (χ0n) is 11.1. The summed E-state index contributed by atoms with van der Waals surface area (Å²) >= 11 is 0. The van der Waals surface area contributed by atoms with Crippen molar-refractivity contribution in [3.8, 4) is 0 Å². The monoisotopic (exact) mass is 273 g/mol. The van der Waals surface area contributed by atoms with Crippen LogP contribution in [0.5, 0.6) is 0 Å². The molecule has 2 radical (unpaired) electrons. The minimum Gasteiger partial charge on any atom is -0.265 e. The third kappa shape index (κ3) is 3.03. The minimum atomic E-state index is 0.404. The van der Waals surface area contributed by atoms with E-state index in [1.165, 1.54) is 16.3 Å². The van der Waals surface area contributed by atoms with Crippen molar-refractivity contribution in [1.29, 1.82) is 0 Å². The Bertz CT molecular complexity index is 599. The Labute approximate surface area is 122 Å². The Hall–Kier alpha value is -2.19. The van der Waals surface area contributed by atoms with Gasteiger partial charge in [-0.2, -0.15) is 0 Å². The second kappa shape index (κ2) is 6.31. The van der Waals surface area contributed by atoms with Crippen LogP contribution in [0, 0.1) is 0 Å². The molecule has 20 heavy (non-hydrogen) atoms. The lowest BCUT2D eigenvalue weighted by atomic mass is 10.0. The fraction of sp³-hybridized carbons (Fsp3) is 0.0556. The van der Waals surface area contributed by atoms with E-state index in [2.05, 4.69) is 71.7 Å². The SMILES string of the molecule is c1ccc(C([Si]c2cccnc2)c2ccccc2)cc1. The summed E-state index contributed by atoms with van der Waals surface area (Å²) in [6.07, 6.45) is 3.80. The number of hydrogen-bond acceptors (Lipinski definition) is 1. The number of aromatic nitrogens is 1. The molecule has 1 aromatic heterocycles. The minimum absolute atomic E-state index is 0.404. The van der Waals surface area contributed by atoms with Crippen LogP contribution in [0.15, 0.2) is 85.2 Å². The number of hydrogen-bond donors (Lipinski definition) is 0. The maximum atomic E-state index is 4.23. The van der Waals surface area contributed by atoms with E-state index in [-0.39, 0.29) is 0 Å². The highest BCUT2D eigenvalue weighted by molar-refractivity contribution is 6.55. The van der Waals surface area contributed by atoms with Crippen molar-refractivity contribution in [1.82, 2.24) is 4.98 Å². The molecule has 1 heterocycles. The van der Waals surface area contributed by atoms with E-state index in [4.69, 9.17) is 0 Å². The molecule has 0 bridgehead atoms. The van der Waals surface area contributed by atoms with Crippen LogP contribution >= 0.6 is 0 Å². The molecule has 0 spiro atoms. The van der Waals surface area contributed by atoms with E-state index < -0.39 is 0 Å². The molecule has 0 aliphatic rings. The molecule has 0 amide bonds. The summed E-state index contributed by atoms with van der Waals surface area (Å²) in [4.78, 5) is 4.23. The van der Waals surface area contributed by atoms with Gasteiger partial charge in [0.1, 0.15) is 0 Å². The Morgan fingerprint density at radius 1 is 0.700 bits per heavy atom. The summed E-state index contributed by atoms with van der Waals surface area (Å²) in [6.45, 7) is 0. The molecule has 1 nitrogen and oxygen atoms in total. The van der Waals surface area contributed by atoms with Crippen LogP contribution in [-0.4, -0.2) is 14.5 Å². The molecule has 0 atom stereocenters. The molecule has 3 aromatic rings. The lowest BCUT2D eigenvalue weighted by Crippen LogP contribution is -2.23. The molecule has 0 saturated heterocycles. The first-order valence-electron chi connectivity index (χ1n) is 6.70. The highest BCUT2D eigenvalue weighted by Crippen LogP contribution is 2.22. The second-order valence-electron chi connectivity index (χ2n) is 4.64. The van der Waals surface area contributed by atoms with E-state index in [1.807, 2.05) is 18.5 Å². The van der Waals surface area contributed by atoms with Crippen molar-refractivity contribution in [2.45, 2.75) is 5.54 Å². The van der Waals surface area contributed by atoms with Gasteiger partial charge >= 0.3 is 0 Å². The summed E-state index contributed by atoms with van der Waals surface area (Å²) in [6, 6.07) is 25.6. The third-order valence-corrected chi connectivity index (χ3v) is 4.82. The Morgan fingerprint density at radius 2 is 1.30 bits per heavy atom. The molecule has 0 aliphatic heterocycles. The highest BCUT2D eigenvalue weighted by atomic mass is 28.2. The predicted octanol–water partition coefficient (Wildman–Crippen LogP) is 3.20. The number of pyridine rings is 1. The molecule has 2 heteroatoms. The quantitative estimate of drug-likeness (QED) is 0.665. The first kappa shape index (κ1) is 12.8. The average molecular weight is 273 g/mol. The van der Waals surface area contributed by atoms with E-state index >= 15 is 0 Å². The second-order valence-corrected chi connectivity index (χ2v) is 6.08. The molecule has 3 rings (SSSR count). The number of rotatable bonds is 4. The van der Waals surface area contributed by atoms with Crippen molar-refractivity contribution in [2.24, 2.45) is 0 Å². The van der Waals surface area contributed by atoms with Gasteiger partial charge in [0.05, 0.1) is 9.52 Å². The van der Waals surface area contributed by atoms with Gasteiger partial charge in [0.2, 0.25) is 0 Å². The smallest absolute Gasteiger partial charge is 0.0969 e. The third-order valence-electron chi connectivity index (χ3n) is 3.24. The summed E-state index contributed by atoms with van der Waals surface area (Å²) in [5.74, 6) is 0. The van der Waals surface area contributed by atoms with Gasteiger partial charge in [-0.05, 0) is 22.4 Å². The first-order valence-corrected chi connectivity index (χ1v) is 7.78. The van der Waals surface area contributed by atoms with Gasteiger partial charge in [-0.1, -0.05) is 66.7 Å². The molecule has 0 N–H and O–H groups in total. The van der Waals surface area contributed by atoms with Crippen molar-refractivity contribution < 1.29 is 0 Å². The fourth-order valence-corrected chi connectivity index (χ4v) is 3.66. The predicted molar refractivity (Wildman–Crippen MR) is 84.4 cm³/mol. The van der Waals surface area contributed by atoms with Gasteiger partial charge < -0.3 is 0 Å². The van der Waals surface area contributed by atoms with Crippen LogP contribution in [0.4, 0.5) is 0 Å².